The molecule has 1 aliphatic carbocycles. The molecule has 0 saturated carbocycles. The van der Waals surface area contributed by atoms with E-state index < -0.39 is 0 Å². The van der Waals surface area contributed by atoms with Gasteiger partial charge in [-0.3, -0.25) is 9.59 Å². The van der Waals surface area contributed by atoms with Crippen molar-refractivity contribution in [3.05, 3.63) is 101 Å². The first-order valence-corrected chi connectivity index (χ1v) is 9.17. The second-order valence-corrected chi connectivity index (χ2v) is 7.08. The Bertz CT molecular complexity index is 1060. The summed E-state index contributed by atoms with van der Waals surface area (Å²) in [4.78, 5) is 27.4. The minimum atomic E-state index is -0.225. The molecule has 0 fully saturated rings. The summed E-state index contributed by atoms with van der Waals surface area (Å²) in [7, 11) is 0. The molecule has 3 aromatic rings. The fourth-order valence-electron chi connectivity index (χ4n) is 2.86. The lowest BCUT2D eigenvalue weighted by Gasteiger charge is -2.21. The summed E-state index contributed by atoms with van der Waals surface area (Å²) in [5.41, 5.74) is 1.67. The Morgan fingerprint density at radius 2 is 1.30 bits per heavy atom. The first-order chi connectivity index (χ1) is 13.1. The summed E-state index contributed by atoms with van der Waals surface area (Å²) >= 11 is 1.27. The van der Waals surface area contributed by atoms with E-state index in [4.69, 9.17) is 0 Å². The molecule has 4 rings (SSSR count). The maximum Gasteiger partial charge on any atom is 0.211 e. The van der Waals surface area contributed by atoms with Gasteiger partial charge in [0.15, 0.2) is 0 Å². The Hall–Kier alpha value is -3.31. The molecule has 0 atom stereocenters. The molecule has 0 heterocycles. The molecule has 4 nitrogen and oxygen atoms in total. The van der Waals surface area contributed by atoms with Gasteiger partial charge in [-0.15, -0.1) is 0 Å². The smallest absolute Gasteiger partial charge is 0.211 e. The maximum absolute atomic E-state index is 13.1. The monoisotopic (exact) mass is 373 g/mol. The number of rotatable bonds is 4. The molecule has 2 N–H and O–H groups in total. The third-order valence-corrected chi connectivity index (χ3v) is 5.28. The Labute approximate surface area is 160 Å². The van der Waals surface area contributed by atoms with E-state index in [1.165, 1.54) is 23.9 Å². The van der Waals surface area contributed by atoms with Crippen molar-refractivity contribution in [2.24, 2.45) is 0 Å². The van der Waals surface area contributed by atoms with Crippen LogP contribution in [0.1, 0.15) is 20.7 Å². The molecular formula is C22H15NO3S. The van der Waals surface area contributed by atoms with E-state index in [0.717, 1.165) is 4.90 Å². The molecule has 0 unspecified atom stereocenters. The van der Waals surface area contributed by atoms with Crippen LogP contribution in [0.5, 0.6) is 5.75 Å². The van der Waals surface area contributed by atoms with Crippen LogP contribution >= 0.6 is 11.8 Å². The molecule has 5 heteroatoms. The van der Waals surface area contributed by atoms with Crippen molar-refractivity contribution in [3.63, 3.8) is 0 Å². The lowest BCUT2D eigenvalue weighted by atomic mass is 9.92. The fraction of sp³-hybridized carbons (Fsp3) is 0. The summed E-state index contributed by atoms with van der Waals surface area (Å²) in [5, 5.41) is 12.5. The summed E-state index contributed by atoms with van der Waals surface area (Å²) < 4.78 is 0. The van der Waals surface area contributed by atoms with Crippen molar-refractivity contribution < 1.29 is 14.7 Å². The molecule has 27 heavy (non-hydrogen) atoms. The van der Waals surface area contributed by atoms with Crippen molar-refractivity contribution in [1.82, 2.24) is 0 Å². The molecular weight excluding hydrogens is 358 g/mol. The summed E-state index contributed by atoms with van der Waals surface area (Å²) in [5.74, 6) is -0.276. The number of phenolic OH excluding ortho intramolecular Hbond substituents is 1. The number of fused-ring (bicyclic) bond motifs is 1. The minimum absolute atomic E-state index is 0.129. The topological polar surface area (TPSA) is 66.4 Å². The zero-order valence-corrected chi connectivity index (χ0v) is 15.0. The van der Waals surface area contributed by atoms with Gasteiger partial charge >= 0.3 is 0 Å². The third kappa shape index (κ3) is 3.37. The van der Waals surface area contributed by atoms with Crippen molar-refractivity contribution in [2.75, 3.05) is 5.32 Å². The lowest BCUT2D eigenvalue weighted by molar-refractivity contribution is 0.0982. The number of Topliss-reactive ketones (excluding diaryl/α,β-unsaturated/α-hetero) is 2. The number of thioether (sulfide) groups is 1. The van der Waals surface area contributed by atoms with E-state index in [9.17, 15) is 14.7 Å². The van der Waals surface area contributed by atoms with Gasteiger partial charge in [0.1, 0.15) is 11.4 Å². The normalized spacial score (nSPS) is 13.5. The summed E-state index contributed by atoms with van der Waals surface area (Å²) in [6.07, 6.45) is 0. The number of aromatic hydroxyl groups is 1. The first-order valence-electron chi connectivity index (χ1n) is 8.35. The maximum atomic E-state index is 13.1. The second kappa shape index (κ2) is 7.13. The molecule has 0 aromatic heterocycles. The van der Waals surface area contributed by atoms with E-state index in [1.54, 1.807) is 36.4 Å². The zero-order valence-electron chi connectivity index (χ0n) is 14.2. The van der Waals surface area contributed by atoms with Crippen LogP contribution in [-0.2, 0) is 0 Å². The number of carbonyl (C=O) groups is 2. The number of benzene rings is 3. The Balaban J connectivity index is 1.81. The van der Waals surface area contributed by atoms with E-state index in [2.05, 4.69) is 5.32 Å². The van der Waals surface area contributed by atoms with Crippen LogP contribution in [0.15, 0.2) is 94.4 Å². The van der Waals surface area contributed by atoms with E-state index in [-0.39, 0.29) is 23.0 Å². The van der Waals surface area contributed by atoms with Crippen molar-refractivity contribution in [2.45, 2.75) is 4.90 Å². The van der Waals surface area contributed by atoms with Gasteiger partial charge in [-0.1, -0.05) is 54.2 Å². The summed E-state index contributed by atoms with van der Waals surface area (Å²) in [6, 6.07) is 22.7. The van der Waals surface area contributed by atoms with Gasteiger partial charge in [0.2, 0.25) is 11.6 Å². The molecule has 1 aliphatic rings. The number of carbonyl (C=O) groups excluding carboxylic acids is 2. The molecule has 0 amide bonds. The quantitative estimate of drug-likeness (QED) is 0.638. The van der Waals surface area contributed by atoms with Gasteiger partial charge in [-0.25, -0.2) is 0 Å². The van der Waals surface area contributed by atoms with Crippen molar-refractivity contribution in [3.8, 4) is 5.75 Å². The number of anilines is 1. The fourth-order valence-corrected chi connectivity index (χ4v) is 3.84. The molecule has 0 bridgehead atoms. The SMILES string of the molecule is O=C1C(Nc2ccc(O)cc2)=C(Sc2ccccc2)C(=O)c2ccccc21. The molecule has 3 aromatic carbocycles. The predicted octanol–water partition coefficient (Wildman–Crippen LogP) is 4.89. The van der Waals surface area contributed by atoms with Gasteiger partial charge in [0.25, 0.3) is 0 Å². The first kappa shape index (κ1) is 17.1. The Morgan fingerprint density at radius 1 is 0.704 bits per heavy atom. The predicted molar refractivity (Wildman–Crippen MR) is 106 cm³/mol. The van der Waals surface area contributed by atoms with Crippen LogP contribution in [0.4, 0.5) is 5.69 Å². The highest BCUT2D eigenvalue weighted by Crippen LogP contribution is 2.37. The van der Waals surface area contributed by atoms with Crippen LogP contribution in [0, 0.1) is 0 Å². The number of nitrogens with one attached hydrogen (secondary N) is 1. The average molecular weight is 373 g/mol. The Kier molecular flexibility index (Phi) is 4.52. The van der Waals surface area contributed by atoms with Crippen LogP contribution in [-0.4, -0.2) is 16.7 Å². The number of hydrogen-bond acceptors (Lipinski definition) is 5. The molecule has 0 aliphatic heterocycles. The standard InChI is InChI=1S/C22H15NO3S/c24-15-12-10-14(11-13-15)23-19-20(25)17-8-4-5-9-18(17)21(26)22(19)27-16-6-2-1-3-7-16/h1-13,23-24H. The molecule has 132 valence electrons. The minimum Gasteiger partial charge on any atom is -0.508 e. The van der Waals surface area contributed by atoms with Crippen LogP contribution in [0.25, 0.3) is 0 Å². The lowest BCUT2D eigenvalue weighted by Crippen LogP contribution is -2.25. The highest BCUT2D eigenvalue weighted by molar-refractivity contribution is 8.04. The number of allylic oxidation sites excluding steroid dienone is 2. The van der Waals surface area contributed by atoms with Crippen LogP contribution in [0.2, 0.25) is 0 Å². The zero-order chi connectivity index (χ0) is 18.8. The van der Waals surface area contributed by atoms with Gasteiger partial charge in [0, 0.05) is 21.7 Å². The highest BCUT2D eigenvalue weighted by Gasteiger charge is 2.32. The molecule has 0 radical (unpaired) electrons. The second-order valence-electron chi connectivity index (χ2n) is 5.99. The van der Waals surface area contributed by atoms with Crippen LogP contribution in [0.3, 0.4) is 0 Å². The van der Waals surface area contributed by atoms with E-state index >= 15 is 0 Å². The number of phenols is 1. The van der Waals surface area contributed by atoms with E-state index in [0.29, 0.717) is 21.7 Å². The van der Waals surface area contributed by atoms with Crippen LogP contribution < -0.4 is 5.32 Å². The number of ketones is 2. The third-order valence-electron chi connectivity index (χ3n) is 4.18. The number of hydrogen-bond donors (Lipinski definition) is 2. The Morgan fingerprint density at radius 3 is 1.96 bits per heavy atom. The van der Waals surface area contributed by atoms with Crippen molar-refractivity contribution >= 4 is 29.0 Å². The highest BCUT2D eigenvalue weighted by atomic mass is 32.2. The molecule has 0 saturated heterocycles. The van der Waals surface area contributed by atoms with Gasteiger partial charge in [-0.2, -0.15) is 0 Å². The van der Waals surface area contributed by atoms with Gasteiger partial charge in [-0.05, 0) is 36.4 Å². The summed E-state index contributed by atoms with van der Waals surface area (Å²) in [6.45, 7) is 0. The van der Waals surface area contributed by atoms with Gasteiger partial charge < -0.3 is 10.4 Å². The largest absolute Gasteiger partial charge is 0.508 e. The van der Waals surface area contributed by atoms with Gasteiger partial charge in [0.05, 0.1) is 4.91 Å². The average Bonchev–Trinajstić information content (AvgIpc) is 2.71. The molecule has 0 spiro atoms. The van der Waals surface area contributed by atoms with E-state index in [1.807, 2.05) is 30.3 Å². The van der Waals surface area contributed by atoms with Crippen molar-refractivity contribution in [1.29, 1.82) is 0 Å².